The van der Waals surface area contributed by atoms with Crippen LogP contribution < -0.4 is 0 Å². The van der Waals surface area contributed by atoms with Gasteiger partial charge in [-0.1, -0.05) is 0 Å². The van der Waals surface area contributed by atoms with E-state index in [0.29, 0.717) is 29.9 Å². The fraction of sp³-hybridized carbons (Fsp3) is 0.375. The molecule has 0 bridgehead atoms. The van der Waals surface area contributed by atoms with Crippen LogP contribution in [0, 0.1) is 5.82 Å². The lowest BCUT2D eigenvalue weighted by Gasteiger charge is -2.26. The van der Waals surface area contributed by atoms with E-state index < -0.39 is 9.84 Å². The molecule has 0 aliphatic carbocycles. The first-order chi connectivity index (χ1) is 11.4. The normalized spacial score (nSPS) is 19.3. The molecule has 1 aliphatic heterocycles. The quantitative estimate of drug-likeness (QED) is 0.911. The maximum atomic E-state index is 13.0. The number of aromatic nitrogens is 2. The van der Waals surface area contributed by atoms with Crippen molar-refractivity contribution in [3.8, 4) is 11.3 Å². The van der Waals surface area contributed by atoms with Gasteiger partial charge in [-0.25, -0.2) is 12.8 Å². The van der Waals surface area contributed by atoms with Gasteiger partial charge < -0.3 is 4.90 Å². The van der Waals surface area contributed by atoms with Gasteiger partial charge in [0.2, 0.25) is 0 Å². The van der Waals surface area contributed by atoms with Gasteiger partial charge in [-0.3, -0.25) is 9.89 Å². The highest BCUT2D eigenvalue weighted by Gasteiger charge is 2.34. The SMILES string of the molecule is CCN(C(=O)c1cc(-c2ccc(F)cc2)n[nH]1)[C@H]1CCS(=O)(=O)C1. The van der Waals surface area contributed by atoms with Crippen molar-refractivity contribution in [2.45, 2.75) is 19.4 Å². The lowest BCUT2D eigenvalue weighted by Crippen LogP contribution is -2.41. The van der Waals surface area contributed by atoms with E-state index in [-0.39, 0.29) is 29.3 Å². The molecule has 1 fully saturated rings. The minimum absolute atomic E-state index is 0.00549. The van der Waals surface area contributed by atoms with Crippen molar-refractivity contribution in [1.82, 2.24) is 15.1 Å². The minimum atomic E-state index is -3.06. The van der Waals surface area contributed by atoms with Gasteiger partial charge in [0.25, 0.3) is 5.91 Å². The average Bonchev–Trinajstić information content (AvgIpc) is 3.16. The van der Waals surface area contributed by atoms with Crippen molar-refractivity contribution in [1.29, 1.82) is 0 Å². The second-order valence-electron chi connectivity index (χ2n) is 5.82. The van der Waals surface area contributed by atoms with Gasteiger partial charge in [0.05, 0.1) is 17.2 Å². The topological polar surface area (TPSA) is 83.1 Å². The summed E-state index contributed by atoms with van der Waals surface area (Å²) < 4.78 is 36.3. The Morgan fingerprint density at radius 3 is 2.67 bits per heavy atom. The molecule has 8 heteroatoms. The number of carbonyl (C=O) groups is 1. The van der Waals surface area contributed by atoms with Crippen LogP contribution in [0.4, 0.5) is 4.39 Å². The predicted molar refractivity (Wildman–Crippen MR) is 87.8 cm³/mol. The highest BCUT2D eigenvalue weighted by molar-refractivity contribution is 7.91. The van der Waals surface area contributed by atoms with E-state index in [9.17, 15) is 17.6 Å². The number of nitrogens with one attached hydrogen (secondary N) is 1. The highest BCUT2D eigenvalue weighted by atomic mass is 32.2. The molecule has 1 aromatic heterocycles. The molecule has 24 heavy (non-hydrogen) atoms. The number of hydrogen-bond acceptors (Lipinski definition) is 4. The third-order valence-corrected chi connectivity index (χ3v) is 5.95. The third kappa shape index (κ3) is 3.33. The Kier molecular flexibility index (Phi) is 4.40. The molecule has 2 aromatic rings. The van der Waals surface area contributed by atoms with Crippen LogP contribution in [-0.4, -0.2) is 53.5 Å². The summed E-state index contributed by atoms with van der Waals surface area (Å²) in [7, 11) is -3.06. The number of rotatable bonds is 4. The van der Waals surface area contributed by atoms with E-state index in [1.54, 1.807) is 23.1 Å². The first kappa shape index (κ1) is 16.6. The number of benzene rings is 1. The monoisotopic (exact) mass is 351 g/mol. The number of hydrogen-bond donors (Lipinski definition) is 1. The smallest absolute Gasteiger partial charge is 0.272 e. The van der Waals surface area contributed by atoms with Crippen LogP contribution in [-0.2, 0) is 9.84 Å². The molecule has 1 aromatic carbocycles. The standard InChI is InChI=1S/C16H18FN3O3S/c1-2-20(13-7-8-24(22,23)10-13)16(21)15-9-14(18-19-15)11-3-5-12(17)6-4-11/h3-6,9,13H,2,7-8,10H2,1H3,(H,18,19)/t13-/m0/s1. The van der Waals surface area contributed by atoms with E-state index >= 15 is 0 Å². The van der Waals surface area contributed by atoms with Gasteiger partial charge >= 0.3 is 0 Å². The second-order valence-corrected chi connectivity index (χ2v) is 8.05. The first-order valence-corrected chi connectivity index (χ1v) is 9.54. The maximum absolute atomic E-state index is 13.0. The van der Waals surface area contributed by atoms with E-state index in [4.69, 9.17) is 0 Å². The Hall–Kier alpha value is -2.22. The second kappa shape index (κ2) is 6.35. The van der Waals surface area contributed by atoms with Gasteiger partial charge in [-0.15, -0.1) is 0 Å². The zero-order valence-corrected chi connectivity index (χ0v) is 14.0. The highest BCUT2D eigenvalue weighted by Crippen LogP contribution is 2.22. The van der Waals surface area contributed by atoms with Crippen molar-refractivity contribution in [2.24, 2.45) is 0 Å². The Bertz CT molecular complexity index is 846. The van der Waals surface area contributed by atoms with Crippen LogP contribution in [0.15, 0.2) is 30.3 Å². The molecule has 0 saturated carbocycles. The van der Waals surface area contributed by atoms with Gasteiger partial charge in [0.1, 0.15) is 11.5 Å². The van der Waals surface area contributed by atoms with Crippen molar-refractivity contribution >= 4 is 15.7 Å². The minimum Gasteiger partial charge on any atom is -0.334 e. The molecule has 2 heterocycles. The van der Waals surface area contributed by atoms with Gasteiger partial charge in [-0.05, 0) is 43.7 Å². The summed E-state index contributed by atoms with van der Waals surface area (Å²) >= 11 is 0. The molecule has 1 saturated heterocycles. The van der Waals surface area contributed by atoms with Crippen molar-refractivity contribution in [2.75, 3.05) is 18.1 Å². The Balaban J connectivity index is 1.80. The van der Waals surface area contributed by atoms with E-state index in [1.807, 2.05) is 6.92 Å². The van der Waals surface area contributed by atoms with Gasteiger partial charge in [0.15, 0.2) is 9.84 Å². The van der Waals surface area contributed by atoms with Crippen LogP contribution >= 0.6 is 0 Å². The van der Waals surface area contributed by atoms with Gasteiger partial charge in [-0.2, -0.15) is 5.10 Å². The van der Waals surface area contributed by atoms with Gasteiger partial charge in [0, 0.05) is 18.2 Å². The van der Waals surface area contributed by atoms with Crippen molar-refractivity contribution in [3.63, 3.8) is 0 Å². The number of sulfone groups is 1. The Morgan fingerprint density at radius 1 is 1.38 bits per heavy atom. The molecule has 0 unspecified atom stereocenters. The maximum Gasteiger partial charge on any atom is 0.272 e. The number of amides is 1. The molecule has 128 valence electrons. The number of carbonyl (C=O) groups excluding carboxylic acids is 1. The molecule has 1 aliphatic rings. The number of aromatic amines is 1. The zero-order chi connectivity index (χ0) is 17.3. The van der Waals surface area contributed by atoms with Crippen LogP contribution in [0.1, 0.15) is 23.8 Å². The van der Waals surface area contributed by atoms with Crippen molar-refractivity contribution < 1.29 is 17.6 Å². The average molecular weight is 351 g/mol. The zero-order valence-electron chi connectivity index (χ0n) is 13.2. The van der Waals surface area contributed by atoms with Crippen LogP contribution in [0.3, 0.4) is 0 Å². The largest absolute Gasteiger partial charge is 0.334 e. The van der Waals surface area contributed by atoms with Crippen LogP contribution in [0.5, 0.6) is 0 Å². The lowest BCUT2D eigenvalue weighted by molar-refractivity contribution is 0.0702. The van der Waals surface area contributed by atoms with Crippen LogP contribution in [0.2, 0.25) is 0 Å². The summed E-state index contributed by atoms with van der Waals surface area (Å²) in [5.41, 5.74) is 1.52. The summed E-state index contributed by atoms with van der Waals surface area (Å²) in [6.07, 6.45) is 0.459. The molecule has 1 amide bonds. The molecule has 1 N–H and O–H groups in total. The molecule has 3 rings (SSSR count). The summed E-state index contributed by atoms with van der Waals surface area (Å²) in [5, 5.41) is 6.79. The molecule has 0 spiro atoms. The fourth-order valence-corrected chi connectivity index (χ4v) is 4.67. The predicted octanol–water partition coefficient (Wildman–Crippen LogP) is 1.86. The van der Waals surface area contributed by atoms with E-state index in [0.717, 1.165) is 0 Å². The molecule has 0 radical (unpaired) electrons. The summed E-state index contributed by atoms with van der Waals surface area (Å²) in [4.78, 5) is 14.2. The molecule has 6 nitrogen and oxygen atoms in total. The molecule has 1 atom stereocenters. The van der Waals surface area contributed by atoms with E-state index in [1.165, 1.54) is 12.1 Å². The number of nitrogens with zero attached hydrogens (tertiary/aromatic N) is 2. The third-order valence-electron chi connectivity index (χ3n) is 4.20. The number of H-pyrrole nitrogens is 1. The van der Waals surface area contributed by atoms with E-state index in [2.05, 4.69) is 10.2 Å². The molecular weight excluding hydrogens is 333 g/mol. The Morgan fingerprint density at radius 2 is 2.08 bits per heavy atom. The summed E-state index contributed by atoms with van der Waals surface area (Å²) in [6, 6.07) is 7.12. The fourth-order valence-electron chi connectivity index (χ4n) is 2.94. The Labute approximate surface area is 139 Å². The van der Waals surface area contributed by atoms with Crippen LogP contribution in [0.25, 0.3) is 11.3 Å². The first-order valence-electron chi connectivity index (χ1n) is 7.72. The summed E-state index contributed by atoms with van der Waals surface area (Å²) in [5.74, 6) is -0.498. The van der Waals surface area contributed by atoms with Crippen molar-refractivity contribution in [3.05, 3.63) is 41.8 Å². The molecular formula is C16H18FN3O3S. The summed E-state index contributed by atoms with van der Waals surface area (Å²) in [6.45, 7) is 2.24. The lowest BCUT2D eigenvalue weighted by atomic mass is 10.1. The number of halogens is 1.